The molecule has 1 N–H and O–H groups in total. The number of ether oxygens (including phenoxy) is 1. The van der Waals surface area contributed by atoms with E-state index in [0.717, 1.165) is 12.2 Å². The number of rotatable bonds is 6. The Morgan fingerprint density at radius 1 is 1.39 bits per heavy atom. The average molecular weight is 282 g/mol. The second kappa shape index (κ2) is 5.99. The van der Waals surface area contributed by atoms with Gasteiger partial charge in [0.15, 0.2) is 0 Å². The van der Waals surface area contributed by atoms with Gasteiger partial charge in [-0.15, -0.1) is 11.3 Å². The Morgan fingerprint density at radius 2 is 2.06 bits per heavy atom. The number of nitrogens with zero attached hydrogens (tertiary/aromatic N) is 1. The maximum absolute atomic E-state index is 11.9. The van der Waals surface area contributed by atoms with Crippen molar-refractivity contribution in [2.75, 3.05) is 13.2 Å². The second-order valence-electron chi connectivity index (χ2n) is 4.39. The monoisotopic (exact) mass is 282 g/mol. The molecule has 1 heterocycles. The van der Waals surface area contributed by atoms with E-state index < -0.39 is 12.8 Å². The fourth-order valence-corrected chi connectivity index (χ4v) is 2.35. The summed E-state index contributed by atoms with van der Waals surface area (Å²) in [5, 5.41) is 5.65. The normalized spacial score (nSPS) is 13.0. The van der Waals surface area contributed by atoms with Crippen LogP contribution in [0.5, 0.6) is 0 Å². The molecule has 0 aliphatic heterocycles. The Bertz CT molecular complexity index is 377. The molecule has 7 heteroatoms. The van der Waals surface area contributed by atoms with Crippen LogP contribution >= 0.6 is 11.3 Å². The maximum atomic E-state index is 11.9. The van der Waals surface area contributed by atoms with Crippen molar-refractivity contribution in [3.63, 3.8) is 0 Å². The van der Waals surface area contributed by atoms with Crippen LogP contribution < -0.4 is 5.32 Å². The van der Waals surface area contributed by atoms with Gasteiger partial charge in [-0.1, -0.05) is 6.92 Å². The molecule has 0 aromatic carbocycles. The predicted octanol–water partition coefficient (Wildman–Crippen LogP) is 3.07. The van der Waals surface area contributed by atoms with Crippen molar-refractivity contribution < 1.29 is 17.9 Å². The zero-order valence-electron chi connectivity index (χ0n) is 10.6. The quantitative estimate of drug-likeness (QED) is 0.870. The molecule has 0 saturated carbocycles. The highest BCUT2D eigenvalue weighted by atomic mass is 32.1. The van der Waals surface area contributed by atoms with E-state index in [2.05, 4.69) is 15.0 Å². The predicted molar refractivity (Wildman–Crippen MR) is 64.5 cm³/mol. The van der Waals surface area contributed by atoms with Gasteiger partial charge >= 0.3 is 6.18 Å². The Hall–Kier alpha value is -0.660. The van der Waals surface area contributed by atoms with Crippen molar-refractivity contribution in [3.05, 3.63) is 16.1 Å². The fourth-order valence-electron chi connectivity index (χ4n) is 1.45. The highest BCUT2D eigenvalue weighted by Crippen LogP contribution is 2.23. The Balaban J connectivity index is 2.53. The van der Waals surface area contributed by atoms with Gasteiger partial charge in [-0.2, -0.15) is 13.2 Å². The number of thiazole rings is 1. The molecule has 0 aliphatic rings. The van der Waals surface area contributed by atoms with Crippen LogP contribution in [-0.2, 0) is 16.9 Å². The molecule has 0 spiro atoms. The molecule has 0 unspecified atom stereocenters. The Labute approximate surface area is 108 Å². The molecule has 1 rings (SSSR count). The molecule has 1 aromatic heterocycles. The van der Waals surface area contributed by atoms with Gasteiger partial charge in [0.25, 0.3) is 0 Å². The summed E-state index contributed by atoms with van der Waals surface area (Å²) in [4.78, 5) is 4.28. The fraction of sp³-hybridized carbons (Fsp3) is 0.727. The molecule has 0 saturated heterocycles. The molecule has 0 radical (unpaired) electrons. The van der Waals surface area contributed by atoms with Crippen LogP contribution in [0.3, 0.4) is 0 Å². The van der Waals surface area contributed by atoms with Crippen LogP contribution in [0.1, 0.15) is 31.5 Å². The molecular weight excluding hydrogens is 265 g/mol. The van der Waals surface area contributed by atoms with Gasteiger partial charge < -0.3 is 10.1 Å². The van der Waals surface area contributed by atoms with Crippen molar-refractivity contribution >= 4 is 11.3 Å². The number of aromatic nitrogens is 1. The molecular formula is C11H17F3N2OS. The third-order valence-electron chi connectivity index (χ3n) is 2.30. The van der Waals surface area contributed by atoms with Crippen molar-refractivity contribution in [1.29, 1.82) is 0 Å². The summed E-state index contributed by atoms with van der Waals surface area (Å²) in [5.41, 5.74) is 0.535. The summed E-state index contributed by atoms with van der Waals surface area (Å²) in [6.45, 7) is 5.40. The topological polar surface area (TPSA) is 34.1 Å². The van der Waals surface area contributed by atoms with Crippen LogP contribution in [0.2, 0.25) is 0 Å². The van der Waals surface area contributed by atoms with E-state index in [-0.39, 0.29) is 12.1 Å². The van der Waals surface area contributed by atoms with Crippen LogP contribution in [0.4, 0.5) is 13.2 Å². The van der Waals surface area contributed by atoms with E-state index in [0.29, 0.717) is 5.01 Å². The first-order chi connectivity index (χ1) is 8.24. The minimum absolute atomic E-state index is 0.105. The van der Waals surface area contributed by atoms with E-state index in [4.69, 9.17) is 0 Å². The first-order valence-electron chi connectivity index (χ1n) is 5.59. The lowest BCUT2D eigenvalue weighted by atomic mass is 10.0. The van der Waals surface area contributed by atoms with Gasteiger partial charge in [-0.25, -0.2) is 4.98 Å². The molecule has 0 bridgehead atoms. The number of halogens is 3. The number of alkyl halides is 3. The standard InChI is InChI=1S/C11H17F3N2OS/c1-4-15-10(2,3)8-6-18-9(16-8)5-17-7-11(12,13)14/h6,15H,4-5,7H2,1-3H3. The van der Waals surface area contributed by atoms with Gasteiger partial charge in [0.05, 0.1) is 17.8 Å². The lowest BCUT2D eigenvalue weighted by Gasteiger charge is -2.23. The Morgan fingerprint density at radius 3 is 2.61 bits per heavy atom. The van der Waals surface area contributed by atoms with Crippen LogP contribution in [0.15, 0.2) is 5.38 Å². The number of nitrogens with one attached hydrogen (secondary N) is 1. The van der Waals surface area contributed by atoms with Crippen LogP contribution in [0.25, 0.3) is 0 Å². The second-order valence-corrected chi connectivity index (χ2v) is 5.33. The first kappa shape index (κ1) is 15.4. The van der Waals surface area contributed by atoms with Gasteiger partial charge in [0.1, 0.15) is 11.6 Å². The summed E-state index contributed by atoms with van der Waals surface area (Å²) in [6, 6.07) is 0. The highest BCUT2D eigenvalue weighted by Gasteiger charge is 2.28. The molecule has 0 atom stereocenters. The van der Waals surface area contributed by atoms with Crippen molar-refractivity contribution in [1.82, 2.24) is 10.3 Å². The van der Waals surface area contributed by atoms with Crippen molar-refractivity contribution in [2.45, 2.75) is 39.1 Å². The van der Waals surface area contributed by atoms with Crippen LogP contribution in [0, 0.1) is 0 Å². The van der Waals surface area contributed by atoms with E-state index in [1.54, 1.807) is 0 Å². The number of hydrogen-bond donors (Lipinski definition) is 1. The van der Waals surface area contributed by atoms with Crippen molar-refractivity contribution in [3.8, 4) is 0 Å². The minimum atomic E-state index is -4.29. The van der Waals surface area contributed by atoms with Gasteiger partial charge in [0, 0.05) is 5.38 Å². The molecule has 18 heavy (non-hydrogen) atoms. The summed E-state index contributed by atoms with van der Waals surface area (Å²) < 4.78 is 40.3. The van der Waals surface area contributed by atoms with Gasteiger partial charge in [-0.3, -0.25) is 0 Å². The van der Waals surface area contributed by atoms with Crippen molar-refractivity contribution in [2.24, 2.45) is 0 Å². The van der Waals surface area contributed by atoms with E-state index in [1.165, 1.54) is 11.3 Å². The van der Waals surface area contributed by atoms with Gasteiger partial charge in [-0.05, 0) is 20.4 Å². The summed E-state index contributed by atoms with van der Waals surface area (Å²) in [6.07, 6.45) is -4.29. The van der Waals surface area contributed by atoms with E-state index in [1.807, 2.05) is 26.2 Å². The third kappa shape index (κ3) is 4.91. The van der Waals surface area contributed by atoms with Gasteiger partial charge in [0.2, 0.25) is 0 Å². The average Bonchev–Trinajstić information content (AvgIpc) is 2.65. The number of hydrogen-bond acceptors (Lipinski definition) is 4. The Kier molecular flexibility index (Phi) is 5.12. The SMILES string of the molecule is CCNC(C)(C)c1csc(COCC(F)(F)F)n1. The van der Waals surface area contributed by atoms with Crippen LogP contribution in [-0.4, -0.2) is 24.3 Å². The molecule has 0 fully saturated rings. The first-order valence-corrected chi connectivity index (χ1v) is 6.47. The lowest BCUT2D eigenvalue weighted by Crippen LogP contribution is -2.36. The maximum Gasteiger partial charge on any atom is 0.411 e. The molecule has 3 nitrogen and oxygen atoms in total. The smallest absolute Gasteiger partial charge is 0.365 e. The largest absolute Gasteiger partial charge is 0.411 e. The third-order valence-corrected chi connectivity index (χ3v) is 3.12. The molecule has 0 aliphatic carbocycles. The zero-order valence-corrected chi connectivity index (χ0v) is 11.4. The summed E-state index contributed by atoms with van der Waals surface area (Å²) in [7, 11) is 0. The van der Waals surface area contributed by atoms with E-state index >= 15 is 0 Å². The molecule has 104 valence electrons. The summed E-state index contributed by atoms with van der Waals surface area (Å²) >= 11 is 1.31. The summed E-state index contributed by atoms with van der Waals surface area (Å²) in [5.74, 6) is 0. The van der Waals surface area contributed by atoms with E-state index in [9.17, 15) is 13.2 Å². The molecule has 0 amide bonds. The zero-order chi connectivity index (χ0) is 13.8. The lowest BCUT2D eigenvalue weighted by molar-refractivity contribution is -0.176. The minimum Gasteiger partial charge on any atom is -0.365 e. The molecule has 1 aromatic rings. The highest BCUT2D eigenvalue weighted by molar-refractivity contribution is 7.09.